The smallest absolute Gasteiger partial charge is 0.195 e. The number of hydrogen-bond donors (Lipinski definition) is 2. The number of aliphatic imine (C=N–C) groups is 1. The van der Waals surface area contributed by atoms with Gasteiger partial charge in [0.2, 0.25) is 0 Å². The van der Waals surface area contributed by atoms with Crippen LogP contribution in [0.25, 0.3) is 0 Å². The molecular weight excluding hydrogens is 481 g/mol. The molecule has 29 heavy (non-hydrogen) atoms. The van der Waals surface area contributed by atoms with E-state index in [1.165, 1.54) is 5.56 Å². The van der Waals surface area contributed by atoms with Crippen LogP contribution in [0.3, 0.4) is 0 Å². The van der Waals surface area contributed by atoms with Crippen LogP contribution in [0.5, 0.6) is 17.2 Å². The summed E-state index contributed by atoms with van der Waals surface area (Å²) in [7, 11) is 4.95. The molecule has 0 aliphatic heterocycles. The Balaban J connectivity index is 0.00000300. The van der Waals surface area contributed by atoms with Gasteiger partial charge in [-0.2, -0.15) is 0 Å². The molecule has 3 rings (SSSR count). The zero-order valence-electron chi connectivity index (χ0n) is 17.5. The van der Waals surface area contributed by atoms with Gasteiger partial charge in [0.05, 0.1) is 27.9 Å². The van der Waals surface area contributed by atoms with E-state index in [1.54, 1.807) is 21.3 Å². The predicted octanol–water partition coefficient (Wildman–Crippen LogP) is 4.44. The number of ether oxygens (including phenoxy) is 3. The first-order chi connectivity index (χ1) is 13.6. The van der Waals surface area contributed by atoms with Crippen LogP contribution in [0.15, 0.2) is 47.5 Å². The fourth-order valence-electron chi connectivity index (χ4n) is 3.22. The number of nitrogens with one attached hydrogen (secondary N) is 2. The van der Waals surface area contributed by atoms with E-state index < -0.39 is 0 Å². The molecule has 2 aromatic carbocycles. The van der Waals surface area contributed by atoms with Crippen molar-refractivity contribution in [3.05, 3.63) is 48.0 Å². The van der Waals surface area contributed by atoms with Gasteiger partial charge in [0.25, 0.3) is 0 Å². The minimum atomic E-state index is 0. The summed E-state index contributed by atoms with van der Waals surface area (Å²) in [5, 5.41) is 6.67. The molecule has 1 fully saturated rings. The molecule has 1 aliphatic carbocycles. The normalized spacial score (nSPS) is 14.4. The van der Waals surface area contributed by atoms with Gasteiger partial charge in [0, 0.05) is 23.7 Å². The SMILES string of the molecule is CCNC(=NCC1(c2ccc(OC)cc2)CC1)Nc1ccc(OC)c(OC)c1.I. The molecule has 0 radical (unpaired) electrons. The Morgan fingerprint density at radius 3 is 2.21 bits per heavy atom. The molecule has 6 nitrogen and oxygen atoms in total. The van der Waals surface area contributed by atoms with Gasteiger partial charge in [-0.3, -0.25) is 4.99 Å². The number of anilines is 1. The summed E-state index contributed by atoms with van der Waals surface area (Å²) in [6.07, 6.45) is 2.30. The first-order valence-corrected chi connectivity index (χ1v) is 9.56. The first kappa shape index (κ1) is 23.1. The van der Waals surface area contributed by atoms with Crippen molar-refractivity contribution in [2.24, 2.45) is 4.99 Å². The quantitative estimate of drug-likeness (QED) is 0.312. The van der Waals surface area contributed by atoms with Crippen molar-refractivity contribution in [1.29, 1.82) is 0 Å². The summed E-state index contributed by atoms with van der Waals surface area (Å²) in [5.74, 6) is 3.02. The fourth-order valence-corrected chi connectivity index (χ4v) is 3.22. The second kappa shape index (κ2) is 10.6. The Labute approximate surface area is 190 Å². The molecule has 0 bridgehead atoms. The van der Waals surface area contributed by atoms with Gasteiger partial charge in [-0.05, 0) is 49.6 Å². The van der Waals surface area contributed by atoms with Gasteiger partial charge in [-0.15, -0.1) is 24.0 Å². The number of rotatable bonds is 8. The Kier molecular flexibility index (Phi) is 8.43. The van der Waals surface area contributed by atoms with E-state index in [0.717, 1.165) is 43.3 Å². The Morgan fingerprint density at radius 1 is 0.966 bits per heavy atom. The van der Waals surface area contributed by atoms with Crippen molar-refractivity contribution in [3.63, 3.8) is 0 Å². The highest BCUT2D eigenvalue weighted by molar-refractivity contribution is 14.0. The summed E-state index contributed by atoms with van der Waals surface area (Å²) in [5.41, 5.74) is 2.34. The van der Waals surface area contributed by atoms with Crippen LogP contribution < -0.4 is 24.8 Å². The van der Waals surface area contributed by atoms with E-state index in [9.17, 15) is 0 Å². The average Bonchev–Trinajstić information content (AvgIpc) is 3.53. The van der Waals surface area contributed by atoms with E-state index in [0.29, 0.717) is 11.5 Å². The molecule has 0 spiro atoms. The van der Waals surface area contributed by atoms with E-state index in [2.05, 4.69) is 29.7 Å². The molecule has 158 valence electrons. The molecule has 0 amide bonds. The number of hydrogen-bond acceptors (Lipinski definition) is 4. The van der Waals surface area contributed by atoms with Gasteiger partial charge in [-0.1, -0.05) is 12.1 Å². The van der Waals surface area contributed by atoms with Crippen LogP contribution in [0.2, 0.25) is 0 Å². The van der Waals surface area contributed by atoms with Gasteiger partial charge >= 0.3 is 0 Å². The number of methoxy groups -OCH3 is 3. The maximum Gasteiger partial charge on any atom is 0.195 e. The molecule has 7 heteroatoms. The third-order valence-electron chi connectivity index (χ3n) is 5.09. The third-order valence-corrected chi connectivity index (χ3v) is 5.09. The third kappa shape index (κ3) is 5.68. The molecule has 0 aromatic heterocycles. The minimum Gasteiger partial charge on any atom is -0.497 e. The number of guanidine groups is 1. The van der Waals surface area contributed by atoms with Gasteiger partial charge in [0.1, 0.15) is 5.75 Å². The zero-order chi connectivity index (χ0) is 20.0. The summed E-state index contributed by atoms with van der Waals surface area (Å²) in [4.78, 5) is 4.85. The Bertz CT molecular complexity index is 821. The van der Waals surface area contributed by atoms with Gasteiger partial charge < -0.3 is 24.8 Å². The lowest BCUT2D eigenvalue weighted by molar-refractivity contribution is 0.355. The van der Waals surface area contributed by atoms with Crippen LogP contribution in [0.4, 0.5) is 5.69 Å². The van der Waals surface area contributed by atoms with Gasteiger partial charge in [-0.25, -0.2) is 0 Å². The maximum atomic E-state index is 5.38. The Morgan fingerprint density at radius 2 is 1.66 bits per heavy atom. The van der Waals surface area contributed by atoms with Crippen molar-refractivity contribution in [1.82, 2.24) is 5.32 Å². The minimum absolute atomic E-state index is 0. The largest absolute Gasteiger partial charge is 0.497 e. The van der Waals surface area contributed by atoms with E-state index in [-0.39, 0.29) is 29.4 Å². The summed E-state index contributed by atoms with van der Waals surface area (Å²) in [6, 6.07) is 14.1. The van der Waals surface area contributed by atoms with E-state index >= 15 is 0 Å². The number of nitrogens with zero attached hydrogens (tertiary/aromatic N) is 1. The molecule has 0 saturated heterocycles. The summed E-state index contributed by atoms with van der Waals surface area (Å²) >= 11 is 0. The van der Waals surface area contributed by atoms with Crippen LogP contribution in [-0.2, 0) is 5.41 Å². The van der Waals surface area contributed by atoms with Crippen molar-refractivity contribution < 1.29 is 14.2 Å². The monoisotopic (exact) mass is 511 g/mol. The molecule has 1 aliphatic rings. The lowest BCUT2D eigenvalue weighted by Crippen LogP contribution is -2.31. The van der Waals surface area contributed by atoms with Crippen molar-refractivity contribution in [2.45, 2.75) is 25.2 Å². The van der Waals surface area contributed by atoms with Crippen molar-refractivity contribution >= 4 is 35.6 Å². The van der Waals surface area contributed by atoms with Crippen molar-refractivity contribution in [3.8, 4) is 17.2 Å². The predicted molar refractivity (Wildman–Crippen MR) is 128 cm³/mol. The lowest BCUT2D eigenvalue weighted by atomic mass is 9.96. The van der Waals surface area contributed by atoms with Crippen LogP contribution in [0.1, 0.15) is 25.3 Å². The van der Waals surface area contributed by atoms with E-state index in [4.69, 9.17) is 19.2 Å². The standard InChI is InChI=1S/C22H29N3O3.HI/c1-5-23-21(25-17-8-11-19(27-3)20(14-17)28-4)24-15-22(12-13-22)16-6-9-18(26-2)10-7-16;/h6-11,14H,5,12-13,15H2,1-4H3,(H2,23,24,25);1H. The average molecular weight is 511 g/mol. The maximum absolute atomic E-state index is 5.38. The molecule has 2 aromatic rings. The molecule has 0 unspecified atom stereocenters. The number of benzene rings is 2. The molecule has 2 N–H and O–H groups in total. The fraction of sp³-hybridized carbons (Fsp3) is 0.409. The highest BCUT2D eigenvalue weighted by Gasteiger charge is 2.44. The zero-order valence-corrected chi connectivity index (χ0v) is 19.8. The number of halogens is 1. The highest BCUT2D eigenvalue weighted by Crippen LogP contribution is 2.48. The molecular formula is C22H30IN3O3. The summed E-state index contributed by atoms with van der Waals surface area (Å²) in [6.45, 7) is 3.58. The molecule has 0 heterocycles. The first-order valence-electron chi connectivity index (χ1n) is 9.56. The Hall–Kier alpha value is -2.16. The van der Waals surface area contributed by atoms with Crippen molar-refractivity contribution in [2.75, 3.05) is 39.7 Å². The molecule has 0 atom stereocenters. The van der Waals surface area contributed by atoms with Crippen LogP contribution in [0, 0.1) is 0 Å². The van der Waals surface area contributed by atoms with Gasteiger partial charge in [0.15, 0.2) is 17.5 Å². The van der Waals surface area contributed by atoms with Crippen LogP contribution in [-0.4, -0.2) is 40.4 Å². The van der Waals surface area contributed by atoms with Crippen LogP contribution >= 0.6 is 24.0 Å². The van der Waals surface area contributed by atoms with E-state index in [1.807, 2.05) is 30.3 Å². The lowest BCUT2D eigenvalue weighted by Gasteiger charge is -2.17. The highest BCUT2D eigenvalue weighted by atomic mass is 127. The second-order valence-electron chi connectivity index (χ2n) is 6.90. The molecule has 1 saturated carbocycles. The topological polar surface area (TPSA) is 64.1 Å². The summed E-state index contributed by atoms with van der Waals surface area (Å²) < 4.78 is 16.0. The second-order valence-corrected chi connectivity index (χ2v) is 6.90.